The molecule has 54 valence electrons. The number of halogens is 2. The van der Waals surface area contributed by atoms with Gasteiger partial charge in [-0.2, -0.15) is 5.10 Å². The number of hydrogen-bond donors (Lipinski definition) is 1. The van der Waals surface area contributed by atoms with Crippen molar-refractivity contribution >= 4 is 6.21 Å². The van der Waals surface area contributed by atoms with Gasteiger partial charge < -0.3 is 5.43 Å². The van der Waals surface area contributed by atoms with E-state index in [-0.39, 0.29) is 6.42 Å². The molecule has 0 atom stereocenters. The molecule has 0 aliphatic heterocycles. The van der Waals surface area contributed by atoms with E-state index in [0.717, 1.165) is 13.1 Å². The third-order valence-electron chi connectivity index (χ3n) is 0.670. The van der Waals surface area contributed by atoms with Gasteiger partial charge in [0.2, 0.25) is 5.92 Å². The zero-order valence-corrected chi connectivity index (χ0v) is 5.49. The second kappa shape index (κ2) is 3.37. The van der Waals surface area contributed by atoms with Gasteiger partial charge in [-0.3, -0.25) is 0 Å². The maximum atomic E-state index is 11.9. The van der Waals surface area contributed by atoms with Crippen molar-refractivity contribution in [2.45, 2.75) is 19.3 Å². The first kappa shape index (κ1) is 8.33. The van der Waals surface area contributed by atoms with Crippen molar-refractivity contribution in [2.24, 2.45) is 5.10 Å². The van der Waals surface area contributed by atoms with Crippen LogP contribution >= 0.6 is 0 Å². The van der Waals surface area contributed by atoms with Crippen molar-refractivity contribution in [3.63, 3.8) is 0 Å². The Morgan fingerprint density at radius 2 is 2.22 bits per heavy atom. The average Bonchev–Trinajstić information content (AvgIpc) is 1.63. The van der Waals surface area contributed by atoms with Gasteiger partial charge in [0.15, 0.2) is 0 Å². The van der Waals surface area contributed by atoms with E-state index in [9.17, 15) is 8.78 Å². The van der Waals surface area contributed by atoms with Crippen LogP contribution in [0.15, 0.2) is 5.10 Å². The maximum Gasteiger partial charge on any atom is 0.250 e. The van der Waals surface area contributed by atoms with Gasteiger partial charge in [-0.1, -0.05) is 0 Å². The van der Waals surface area contributed by atoms with Gasteiger partial charge in [-0.25, -0.2) is 8.78 Å². The third kappa shape index (κ3) is 7.33. The van der Waals surface area contributed by atoms with E-state index >= 15 is 0 Å². The molecular weight excluding hydrogens is 126 g/mol. The molecule has 0 aromatic rings. The summed E-state index contributed by atoms with van der Waals surface area (Å²) in [5.74, 6) is -2.64. The molecule has 0 saturated carbocycles. The molecule has 0 amide bonds. The Kier molecular flexibility index (Phi) is 3.12. The quantitative estimate of drug-likeness (QED) is 0.458. The number of alkyl halides is 2. The standard InChI is InChI=1S/C5H10F2N2/c1-5(6,7)3-4-9-8-2/h4,8H,3H2,1-2H3/b9-4+. The molecule has 1 N–H and O–H groups in total. The molecule has 0 aromatic carbocycles. The first-order valence-electron chi connectivity index (χ1n) is 2.62. The van der Waals surface area contributed by atoms with Crippen LogP contribution in [0.5, 0.6) is 0 Å². The summed E-state index contributed by atoms with van der Waals surface area (Å²) in [6.45, 7) is 0.856. The summed E-state index contributed by atoms with van der Waals surface area (Å²) in [5, 5.41) is 3.40. The molecule has 0 heterocycles. The van der Waals surface area contributed by atoms with Crippen LogP contribution in [-0.2, 0) is 0 Å². The van der Waals surface area contributed by atoms with Crippen LogP contribution in [-0.4, -0.2) is 19.2 Å². The Hall–Kier alpha value is -0.670. The molecule has 0 spiro atoms. The summed E-state index contributed by atoms with van der Waals surface area (Å²) in [6.07, 6.45) is 0.841. The van der Waals surface area contributed by atoms with Crippen LogP contribution in [0, 0.1) is 0 Å². The van der Waals surface area contributed by atoms with Gasteiger partial charge in [0.25, 0.3) is 0 Å². The largest absolute Gasteiger partial charge is 0.313 e. The highest BCUT2D eigenvalue weighted by Crippen LogP contribution is 2.13. The fourth-order valence-corrected chi connectivity index (χ4v) is 0.297. The number of rotatable bonds is 3. The summed E-state index contributed by atoms with van der Waals surface area (Å²) in [6, 6.07) is 0. The number of nitrogens with one attached hydrogen (secondary N) is 1. The molecule has 0 aliphatic carbocycles. The Morgan fingerprint density at radius 1 is 1.67 bits per heavy atom. The lowest BCUT2D eigenvalue weighted by Gasteiger charge is -2.03. The SMILES string of the molecule is CN/N=C/CC(C)(F)F. The molecule has 0 fully saturated rings. The fraction of sp³-hybridized carbons (Fsp3) is 0.800. The second-order valence-corrected chi connectivity index (χ2v) is 1.81. The molecule has 0 unspecified atom stereocenters. The highest BCUT2D eigenvalue weighted by Gasteiger charge is 2.18. The molecule has 2 nitrogen and oxygen atoms in total. The molecule has 0 saturated heterocycles. The molecule has 4 heteroatoms. The topological polar surface area (TPSA) is 24.4 Å². The van der Waals surface area contributed by atoms with E-state index in [1.165, 1.54) is 0 Å². The van der Waals surface area contributed by atoms with Gasteiger partial charge in [0.1, 0.15) is 0 Å². The molecule has 0 radical (unpaired) electrons. The molecule has 0 rings (SSSR count). The van der Waals surface area contributed by atoms with E-state index in [2.05, 4.69) is 10.5 Å². The molecule has 9 heavy (non-hydrogen) atoms. The normalized spacial score (nSPS) is 12.4. The van der Waals surface area contributed by atoms with Crippen LogP contribution in [0.1, 0.15) is 13.3 Å². The summed E-state index contributed by atoms with van der Waals surface area (Å²) < 4.78 is 23.9. The monoisotopic (exact) mass is 136 g/mol. The molecule has 0 bridgehead atoms. The number of hydrazone groups is 1. The van der Waals surface area contributed by atoms with Crippen LogP contribution in [0.4, 0.5) is 8.78 Å². The van der Waals surface area contributed by atoms with Crippen molar-refractivity contribution in [3.8, 4) is 0 Å². The Balaban J connectivity index is 3.38. The van der Waals surface area contributed by atoms with E-state index < -0.39 is 5.92 Å². The highest BCUT2D eigenvalue weighted by atomic mass is 19.3. The summed E-state index contributed by atoms with van der Waals surface area (Å²) in [7, 11) is 1.56. The predicted octanol–water partition coefficient (Wildman–Crippen LogP) is 1.24. The molecule has 0 aliphatic rings. The lowest BCUT2D eigenvalue weighted by molar-refractivity contribution is 0.0313. The highest BCUT2D eigenvalue weighted by molar-refractivity contribution is 5.57. The van der Waals surface area contributed by atoms with E-state index in [1.807, 2.05) is 0 Å². The minimum absolute atomic E-state index is 0.312. The number of hydrogen-bond acceptors (Lipinski definition) is 2. The zero-order valence-electron chi connectivity index (χ0n) is 5.49. The van der Waals surface area contributed by atoms with Crippen molar-refractivity contribution in [1.82, 2.24) is 5.43 Å². The minimum atomic E-state index is -2.64. The van der Waals surface area contributed by atoms with Crippen LogP contribution in [0.3, 0.4) is 0 Å². The Labute approximate surface area is 52.9 Å². The summed E-state index contributed by atoms with van der Waals surface area (Å²) in [5.41, 5.74) is 2.38. The number of nitrogens with zero attached hydrogens (tertiary/aromatic N) is 1. The average molecular weight is 136 g/mol. The van der Waals surface area contributed by atoms with E-state index in [4.69, 9.17) is 0 Å². The smallest absolute Gasteiger partial charge is 0.250 e. The van der Waals surface area contributed by atoms with Crippen LogP contribution < -0.4 is 5.43 Å². The van der Waals surface area contributed by atoms with Gasteiger partial charge in [-0.15, -0.1) is 0 Å². The summed E-state index contributed by atoms with van der Waals surface area (Å²) >= 11 is 0. The van der Waals surface area contributed by atoms with Crippen molar-refractivity contribution in [1.29, 1.82) is 0 Å². The van der Waals surface area contributed by atoms with Crippen LogP contribution in [0.2, 0.25) is 0 Å². The van der Waals surface area contributed by atoms with E-state index in [1.54, 1.807) is 7.05 Å². The van der Waals surface area contributed by atoms with Crippen molar-refractivity contribution < 1.29 is 8.78 Å². The van der Waals surface area contributed by atoms with Gasteiger partial charge in [0, 0.05) is 19.7 Å². The Bertz CT molecular complexity index is 95.6. The van der Waals surface area contributed by atoms with E-state index in [0.29, 0.717) is 0 Å². The fourth-order valence-electron chi connectivity index (χ4n) is 0.297. The molecule has 0 aromatic heterocycles. The zero-order chi connectivity index (χ0) is 7.33. The van der Waals surface area contributed by atoms with Crippen LogP contribution in [0.25, 0.3) is 0 Å². The van der Waals surface area contributed by atoms with Gasteiger partial charge >= 0.3 is 0 Å². The lowest BCUT2D eigenvalue weighted by Crippen LogP contribution is -2.10. The Morgan fingerprint density at radius 3 is 2.56 bits per heavy atom. The summed E-state index contributed by atoms with van der Waals surface area (Å²) in [4.78, 5) is 0. The first-order valence-corrected chi connectivity index (χ1v) is 2.62. The van der Waals surface area contributed by atoms with Gasteiger partial charge in [0.05, 0.1) is 0 Å². The van der Waals surface area contributed by atoms with Crippen molar-refractivity contribution in [3.05, 3.63) is 0 Å². The van der Waals surface area contributed by atoms with Gasteiger partial charge in [-0.05, 0) is 6.92 Å². The second-order valence-electron chi connectivity index (χ2n) is 1.81. The van der Waals surface area contributed by atoms with Crippen molar-refractivity contribution in [2.75, 3.05) is 7.05 Å². The molecular formula is C5H10F2N2. The first-order chi connectivity index (χ1) is 4.06. The lowest BCUT2D eigenvalue weighted by atomic mass is 10.3. The maximum absolute atomic E-state index is 11.9. The predicted molar refractivity (Wildman–Crippen MR) is 32.8 cm³/mol. The minimum Gasteiger partial charge on any atom is -0.313 e. The third-order valence-corrected chi connectivity index (χ3v) is 0.670.